The van der Waals surface area contributed by atoms with Crippen LogP contribution >= 0.6 is 12.4 Å². The standard InChI is InChI=1S/C26H35FN6O3.ClH/c1-18(2)16-32(20-12-19(13-28-14-20)24-15-29-17-36-24)26(34)25-23(10-6-7-11-35-3)33(31-30-25)22-9-5-4-8-21(22)27;/h4-5,8-9,15,17-20,28H,6-7,10-14,16H2,1-3H3;1H/t19?,20-;/m0./s1. The number of carbonyl (C=O) groups is 1. The third kappa shape index (κ3) is 6.94. The van der Waals surface area contributed by atoms with E-state index in [-0.39, 0.29) is 47.6 Å². The summed E-state index contributed by atoms with van der Waals surface area (Å²) in [6.45, 7) is 6.81. The predicted octanol–water partition coefficient (Wildman–Crippen LogP) is 4.03. The number of halogens is 2. The molecule has 0 bridgehead atoms. The van der Waals surface area contributed by atoms with Crippen molar-refractivity contribution in [2.45, 2.75) is 51.5 Å². The fourth-order valence-corrected chi connectivity index (χ4v) is 4.78. The Bertz CT molecular complexity index is 1120. The van der Waals surface area contributed by atoms with Crippen molar-refractivity contribution in [3.05, 3.63) is 59.8 Å². The molecular formula is C26H36ClFN6O3. The summed E-state index contributed by atoms with van der Waals surface area (Å²) >= 11 is 0. The molecule has 1 aromatic carbocycles. The van der Waals surface area contributed by atoms with E-state index in [1.807, 2.05) is 4.90 Å². The van der Waals surface area contributed by atoms with Crippen LogP contribution in [0.3, 0.4) is 0 Å². The Hall–Kier alpha value is -2.82. The molecule has 0 spiro atoms. The summed E-state index contributed by atoms with van der Waals surface area (Å²) in [5.41, 5.74) is 1.18. The Morgan fingerprint density at radius 2 is 2.11 bits per heavy atom. The average molecular weight is 535 g/mol. The zero-order chi connectivity index (χ0) is 25.5. The highest BCUT2D eigenvalue weighted by atomic mass is 35.5. The van der Waals surface area contributed by atoms with Crippen molar-refractivity contribution in [1.82, 2.24) is 30.2 Å². The van der Waals surface area contributed by atoms with E-state index in [0.717, 1.165) is 31.6 Å². The molecule has 0 aliphatic carbocycles. The van der Waals surface area contributed by atoms with E-state index < -0.39 is 5.82 Å². The third-order valence-electron chi connectivity index (χ3n) is 6.50. The minimum absolute atomic E-state index is 0. The summed E-state index contributed by atoms with van der Waals surface area (Å²) in [6.07, 6.45) is 6.04. The predicted molar refractivity (Wildman–Crippen MR) is 140 cm³/mol. The number of nitrogens with zero attached hydrogens (tertiary/aromatic N) is 5. The van der Waals surface area contributed by atoms with Crippen LogP contribution < -0.4 is 5.32 Å². The van der Waals surface area contributed by atoms with E-state index in [9.17, 15) is 9.18 Å². The lowest BCUT2D eigenvalue weighted by atomic mass is 9.92. The molecule has 2 aromatic heterocycles. The molecule has 1 saturated heterocycles. The summed E-state index contributed by atoms with van der Waals surface area (Å²) in [6, 6.07) is 6.36. The van der Waals surface area contributed by atoms with Crippen LogP contribution in [-0.4, -0.2) is 70.2 Å². The van der Waals surface area contributed by atoms with Gasteiger partial charge >= 0.3 is 0 Å². The van der Waals surface area contributed by atoms with Crippen molar-refractivity contribution in [3.8, 4) is 5.69 Å². The van der Waals surface area contributed by atoms with Crippen molar-refractivity contribution in [2.75, 3.05) is 33.4 Å². The van der Waals surface area contributed by atoms with Gasteiger partial charge in [-0.3, -0.25) is 4.79 Å². The number of benzene rings is 1. The number of hydrogen-bond donors (Lipinski definition) is 1. The van der Waals surface area contributed by atoms with Crippen LogP contribution in [0.2, 0.25) is 0 Å². The number of oxazole rings is 1. The Morgan fingerprint density at radius 1 is 1.30 bits per heavy atom. The largest absolute Gasteiger partial charge is 0.448 e. The molecule has 1 amide bonds. The van der Waals surface area contributed by atoms with E-state index in [1.165, 1.54) is 17.1 Å². The highest BCUT2D eigenvalue weighted by Crippen LogP contribution is 2.28. The molecule has 37 heavy (non-hydrogen) atoms. The van der Waals surface area contributed by atoms with Crippen LogP contribution in [0.4, 0.5) is 4.39 Å². The highest BCUT2D eigenvalue weighted by Gasteiger charge is 2.35. The van der Waals surface area contributed by atoms with E-state index in [1.54, 1.807) is 31.5 Å². The number of nitrogens with one attached hydrogen (secondary N) is 1. The number of unbranched alkanes of at least 4 members (excludes halogenated alkanes) is 1. The summed E-state index contributed by atoms with van der Waals surface area (Å²) in [5, 5.41) is 12.0. The molecule has 4 rings (SSSR count). The fraction of sp³-hybridized carbons (Fsp3) is 0.538. The maximum absolute atomic E-state index is 14.7. The molecule has 1 aliphatic rings. The van der Waals surface area contributed by atoms with Gasteiger partial charge in [-0.2, -0.15) is 0 Å². The van der Waals surface area contributed by atoms with Crippen LogP contribution in [0.25, 0.3) is 5.69 Å². The number of methoxy groups -OCH3 is 1. The van der Waals surface area contributed by atoms with Crippen molar-refractivity contribution >= 4 is 18.3 Å². The number of hydrogen-bond acceptors (Lipinski definition) is 7. The molecule has 1 fully saturated rings. The Balaban J connectivity index is 0.00000380. The average Bonchev–Trinajstić information content (AvgIpc) is 3.56. The van der Waals surface area contributed by atoms with Crippen LogP contribution in [0.15, 0.2) is 41.3 Å². The molecule has 1 N–H and O–H groups in total. The second kappa shape index (κ2) is 13.6. The lowest BCUT2D eigenvalue weighted by Gasteiger charge is -2.38. The molecule has 3 aromatic rings. The Kier molecular flexibility index (Phi) is 10.6. The van der Waals surface area contributed by atoms with E-state index >= 15 is 0 Å². The number of amides is 1. The normalized spacial score (nSPS) is 17.5. The summed E-state index contributed by atoms with van der Waals surface area (Å²) in [7, 11) is 1.66. The lowest BCUT2D eigenvalue weighted by molar-refractivity contribution is 0.0597. The van der Waals surface area contributed by atoms with Gasteiger partial charge in [0.2, 0.25) is 0 Å². The van der Waals surface area contributed by atoms with Gasteiger partial charge in [-0.1, -0.05) is 31.2 Å². The molecule has 9 nitrogen and oxygen atoms in total. The van der Waals surface area contributed by atoms with Crippen LogP contribution in [-0.2, 0) is 11.2 Å². The first-order chi connectivity index (χ1) is 17.5. The summed E-state index contributed by atoms with van der Waals surface area (Å²) in [5.74, 6) is 0.596. The number of carbonyl (C=O) groups excluding carboxylic acids is 1. The summed E-state index contributed by atoms with van der Waals surface area (Å²) < 4.78 is 26.9. The van der Waals surface area contributed by atoms with Gasteiger partial charge in [-0.15, -0.1) is 17.5 Å². The first kappa shape index (κ1) is 28.7. The zero-order valence-corrected chi connectivity index (χ0v) is 22.4. The topological polar surface area (TPSA) is 98.3 Å². The zero-order valence-electron chi connectivity index (χ0n) is 21.6. The third-order valence-corrected chi connectivity index (χ3v) is 6.50. The molecular weight excluding hydrogens is 499 g/mol. The van der Waals surface area contributed by atoms with Gasteiger partial charge in [0.05, 0.1) is 11.9 Å². The summed E-state index contributed by atoms with van der Waals surface area (Å²) in [4.78, 5) is 20.0. The van der Waals surface area contributed by atoms with Gasteiger partial charge in [-0.25, -0.2) is 14.1 Å². The molecule has 1 unspecified atom stereocenters. The second-order valence-electron chi connectivity index (χ2n) is 9.70. The van der Waals surface area contributed by atoms with E-state index in [4.69, 9.17) is 9.15 Å². The van der Waals surface area contributed by atoms with Crippen molar-refractivity contribution in [2.24, 2.45) is 5.92 Å². The maximum atomic E-state index is 14.7. The molecule has 202 valence electrons. The quantitative estimate of drug-likeness (QED) is 0.371. The number of piperidine rings is 1. The van der Waals surface area contributed by atoms with Crippen molar-refractivity contribution in [3.63, 3.8) is 0 Å². The van der Waals surface area contributed by atoms with Crippen LogP contribution in [0, 0.1) is 11.7 Å². The first-order valence-corrected chi connectivity index (χ1v) is 12.6. The van der Waals surface area contributed by atoms with E-state index in [0.29, 0.717) is 31.8 Å². The van der Waals surface area contributed by atoms with Gasteiger partial charge in [0.1, 0.15) is 17.3 Å². The van der Waals surface area contributed by atoms with Gasteiger partial charge in [0.25, 0.3) is 5.91 Å². The number of para-hydroxylation sites is 1. The van der Waals surface area contributed by atoms with Crippen molar-refractivity contribution in [1.29, 1.82) is 0 Å². The van der Waals surface area contributed by atoms with E-state index in [2.05, 4.69) is 34.5 Å². The molecule has 0 radical (unpaired) electrons. The number of rotatable bonds is 11. The van der Waals surface area contributed by atoms with Gasteiger partial charge in [0, 0.05) is 45.3 Å². The number of aromatic nitrogens is 4. The molecule has 1 aliphatic heterocycles. The van der Waals surface area contributed by atoms with Gasteiger partial charge < -0.3 is 19.4 Å². The lowest BCUT2D eigenvalue weighted by Crippen LogP contribution is -2.52. The first-order valence-electron chi connectivity index (χ1n) is 12.6. The minimum Gasteiger partial charge on any atom is -0.448 e. The van der Waals surface area contributed by atoms with Gasteiger partial charge in [0.15, 0.2) is 12.1 Å². The fourth-order valence-electron chi connectivity index (χ4n) is 4.78. The molecule has 3 heterocycles. The molecule has 0 saturated carbocycles. The van der Waals surface area contributed by atoms with Crippen LogP contribution in [0.5, 0.6) is 0 Å². The maximum Gasteiger partial charge on any atom is 0.276 e. The Labute approximate surface area is 223 Å². The smallest absolute Gasteiger partial charge is 0.276 e. The number of ether oxygens (including phenoxy) is 1. The SMILES string of the molecule is COCCCCc1c(C(=O)N(CC(C)C)[C@@H]2CNCC(c3cnco3)C2)nnn1-c1ccccc1F.Cl. The monoisotopic (exact) mass is 534 g/mol. The molecule has 2 atom stereocenters. The highest BCUT2D eigenvalue weighted by molar-refractivity contribution is 5.93. The Morgan fingerprint density at radius 3 is 2.81 bits per heavy atom. The van der Waals surface area contributed by atoms with Crippen molar-refractivity contribution < 1.29 is 18.3 Å². The van der Waals surface area contributed by atoms with Gasteiger partial charge in [-0.05, 0) is 43.7 Å². The second-order valence-corrected chi connectivity index (χ2v) is 9.70. The minimum atomic E-state index is -0.412. The van der Waals surface area contributed by atoms with Crippen LogP contribution in [0.1, 0.15) is 61.0 Å². The molecule has 11 heteroatoms.